The number of amides is 4. The molecule has 3 saturated heterocycles. The summed E-state index contributed by atoms with van der Waals surface area (Å²) >= 11 is 0. The van der Waals surface area contributed by atoms with Gasteiger partial charge in [-0.25, -0.2) is 4.79 Å². The molecule has 49 heavy (non-hydrogen) atoms. The number of nitrogens with one attached hydrogen (secondary N) is 1. The highest BCUT2D eigenvalue weighted by Gasteiger charge is 2.58. The maximum absolute atomic E-state index is 14.4. The van der Waals surface area contributed by atoms with Crippen LogP contribution in [0, 0.1) is 0 Å². The highest BCUT2D eigenvalue weighted by Crippen LogP contribution is 2.39. The van der Waals surface area contributed by atoms with Crippen molar-refractivity contribution in [3.63, 3.8) is 0 Å². The number of β-lactam (4-membered cyclic amide) rings is 1. The first kappa shape index (κ1) is 33.9. The van der Waals surface area contributed by atoms with E-state index in [1.807, 2.05) is 105 Å². The number of likely N-dealkylation sites (tertiary alicyclic amines) is 1. The van der Waals surface area contributed by atoms with Gasteiger partial charge >= 0.3 is 6.09 Å². The molecule has 0 bridgehead atoms. The zero-order valence-electron chi connectivity index (χ0n) is 28.2. The second-order valence-electron chi connectivity index (χ2n) is 13.2. The Bertz CT molecular complexity index is 1630. The molecule has 0 radical (unpaired) electrons. The molecule has 256 valence electrons. The zero-order chi connectivity index (χ0) is 34.3. The molecule has 10 heteroatoms. The van der Waals surface area contributed by atoms with Gasteiger partial charge in [-0.15, -0.1) is 0 Å². The Balaban J connectivity index is 1.25. The molecule has 0 saturated carbocycles. The molecule has 0 aliphatic carbocycles. The molecule has 10 nitrogen and oxygen atoms in total. The van der Waals surface area contributed by atoms with Gasteiger partial charge in [-0.1, -0.05) is 103 Å². The molecule has 3 heterocycles. The van der Waals surface area contributed by atoms with E-state index < -0.39 is 30.3 Å². The third kappa shape index (κ3) is 7.86. The van der Waals surface area contributed by atoms with Crippen molar-refractivity contribution in [1.82, 2.24) is 24.9 Å². The highest BCUT2D eigenvalue weighted by molar-refractivity contribution is 5.99. The molecule has 0 aromatic heterocycles. The second-order valence-corrected chi connectivity index (χ2v) is 13.2. The molecular formula is C39H45N5O5. The average Bonchev–Trinajstić information content (AvgIpc) is 3.49. The Morgan fingerprint density at radius 3 is 2.16 bits per heavy atom. The van der Waals surface area contributed by atoms with Gasteiger partial charge in [0.25, 0.3) is 0 Å². The number of rotatable bonds is 12. The van der Waals surface area contributed by atoms with Crippen LogP contribution in [0.25, 0.3) is 6.08 Å². The maximum Gasteiger partial charge on any atom is 0.411 e. The van der Waals surface area contributed by atoms with E-state index in [2.05, 4.69) is 22.3 Å². The molecule has 3 aromatic rings. The number of ether oxygens (including phenoxy) is 1. The first-order valence-corrected chi connectivity index (χ1v) is 17.2. The lowest BCUT2D eigenvalue weighted by atomic mass is 9.87. The number of carbonyl (C=O) groups excluding carboxylic acids is 4. The van der Waals surface area contributed by atoms with Crippen LogP contribution in [0.2, 0.25) is 0 Å². The summed E-state index contributed by atoms with van der Waals surface area (Å²) in [5.74, 6) is -0.936. The van der Waals surface area contributed by atoms with Crippen LogP contribution in [0.4, 0.5) is 4.79 Å². The predicted molar refractivity (Wildman–Crippen MR) is 187 cm³/mol. The van der Waals surface area contributed by atoms with Gasteiger partial charge < -0.3 is 19.9 Å². The Labute approximate surface area is 288 Å². The van der Waals surface area contributed by atoms with E-state index >= 15 is 0 Å². The van der Waals surface area contributed by atoms with Crippen LogP contribution in [-0.2, 0) is 25.5 Å². The minimum Gasteiger partial charge on any atom is -0.447 e. The standard InChI is InChI=1S/C39H45N5O5/c1-28(2)40-35(45)26-33(37(46)42-24-22-41(23-25-42)21-20-30-14-8-4-9-15-30)43-32(19-18-29-12-6-3-7-13-29)36(38(43)47)44-34(27-49-39(44)48)31-16-10-5-11-17-31/h3-19,28,32-34,36H,20-27H2,1-2H3,(H,40,45)/b19-18+/t32-,33+,34-,36+/m1/s1. The molecule has 6 rings (SSSR count). The van der Waals surface area contributed by atoms with Gasteiger partial charge in [0.1, 0.15) is 18.7 Å². The SMILES string of the molecule is CC(C)NC(=O)C[C@@H](C(=O)N1CCN(CCc2ccccc2)CC1)N1C(=O)[C@@H](N2C(=O)OC[C@@H]2c2ccccc2)[C@H]1/C=C/c1ccccc1. The van der Waals surface area contributed by atoms with E-state index in [0.29, 0.717) is 26.2 Å². The lowest BCUT2D eigenvalue weighted by Gasteiger charge is -2.53. The van der Waals surface area contributed by atoms with Crippen LogP contribution >= 0.6 is 0 Å². The zero-order valence-corrected chi connectivity index (χ0v) is 28.2. The van der Waals surface area contributed by atoms with Crippen LogP contribution in [0.15, 0.2) is 97.1 Å². The first-order valence-electron chi connectivity index (χ1n) is 17.2. The smallest absolute Gasteiger partial charge is 0.411 e. The number of carbonyl (C=O) groups is 4. The fourth-order valence-corrected chi connectivity index (χ4v) is 7.00. The van der Waals surface area contributed by atoms with Crippen LogP contribution in [-0.4, -0.2) is 107 Å². The fraction of sp³-hybridized carbons (Fsp3) is 0.385. The van der Waals surface area contributed by atoms with Crippen LogP contribution in [0.5, 0.6) is 0 Å². The van der Waals surface area contributed by atoms with Crippen molar-refractivity contribution in [3.05, 3.63) is 114 Å². The van der Waals surface area contributed by atoms with E-state index in [-0.39, 0.29) is 36.8 Å². The average molecular weight is 664 g/mol. The van der Waals surface area contributed by atoms with Crippen molar-refractivity contribution in [1.29, 1.82) is 0 Å². The predicted octanol–water partition coefficient (Wildman–Crippen LogP) is 4.14. The quantitative estimate of drug-likeness (QED) is 0.293. The molecule has 1 N–H and O–H groups in total. The molecule has 3 aromatic carbocycles. The summed E-state index contributed by atoms with van der Waals surface area (Å²) in [5.41, 5.74) is 3.05. The van der Waals surface area contributed by atoms with Gasteiger partial charge in [0, 0.05) is 38.8 Å². The summed E-state index contributed by atoms with van der Waals surface area (Å²) in [6.45, 7) is 7.14. The number of hydrogen-bond acceptors (Lipinski definition) is 6. The van der Waals surface area contributed by atoms with Crippen LogP contribution in [0.1, 0.15) is 43.0 Å². The van der Waals surface area contributed by atoms with Gasteiger partial charge in [-0.3, -0.25) is 24.2 Å². The summed E-state index contributed by atoms with van der Waals surface area (Å²) in [5, 5.41) is 2.90. The molecule has 0 unspecified atom stereocenters. The number of hydrogen-bond donors (Lipinski definition) is 1. The van der Waals surface area contributed by atoms with Gasteiger partial charge in [0.2, 0.25) is 17.7 Å². The Kier molecular flexibility index (Phi) is 10.7. The van der Waals surface area contributed by atoms with E-state index in [1.54, 1.807) is 4.90 Å². The second kappa shape index (κ2) is 15.5. The summed E-state index contributed by atoms with van der Waals surface area (Å²) in [4.78, 5) is 62.4. The molecule has 0 spiro atoms. The molecule has 4 amide bonds. The van der Waals surface area contributed by atoms with Crippen LogP contribution in [0.3, 0.4) is 0 Å². The maximum atomic E-state index is 14.4. The largest absolute Gasteiger partial charge is 0.447 e. The minimum atomic E-state index is -1.03. The van der Waals surface area contributed by atoms with E-state index in [4.69, 9.17) is 4.74 Å². The molecule has 3 fully saturated rings. The Morgan fingerprint density at radius 1 is 0.878 bits per heavy atom. The molecular weight excluding hydrogens is 618 g/mol. The summed E-state index contributed by atoms with van der Waals surface area (Å²) < 4.78 is 5.50. The topological polar surface area (TPSA) is 103 Å². The van der Waals surface area contributed by atoms with E-state index in [0.717, 1.165) is 24.1 Å². The third-order valence-corrected chi connectivity index (χ3v) is 9.53. The van der Waals surface area contributed by atoms with Gasteiger partial charge in [-0.05, 0) is 37.0 Å². The van der Waals surface area contributed by atoms with Gasteiger partial charge in [0.15, 0.2) is 0 Å². The third-order valence-electron chi connectivity index (χ3n) is 9.53. The molecule has 3 aliphatic rings. The summed E-state index contributed by atoms with van der Waals surface area (Å²) in [6.07, 6.45) is 3.95. The Morgan fingerprint density at radius 2 is 1.51 bits per heavy atom. The summed E-state index contributed by atoms with van der Waals surface area (Å²) in [7, 11) is 0. The first-order chi connectivity index (χ1) is 23.8. The highest BCUT2D eigenvalue weighted by atomic mass is 16.6. The van der Waals surface area contributed by atoms with E-state index in [1.165, 1.54) is 15.4 Å². The van der Waals surface area contributed by atoms with Gasteiger partial charge in [-0.2, -0.15) is 0 Å². The van der Waals surface area contributed by atoms with Crippen molar-refractivity contribution in [3.8, 4) is 0 Å². The Hall–Kier alpha value is -4.96. The number of nitrogens with zero attached hydrogens (tertiary/aromatic N) is 4. The molecule has 4 atom stereocenters. The monoisotopic (exact) mass is 663 g/mol. The summed E-state index contributed by atoms with van der Waals surface area (Å²) in [6, 6.07) is 26.3. The minimum absolute atomic E-state index is 0.120. The van der Waals surface area contributed by atoms with Crippen molar-refractivity contribution < 1.29 is 23.9 Å². The van der Waals surface area contributed by atoms with Crippen molar-refractivity contribution in [2.45, 2.75) is 56.9 Å². The van der Waals surface area contributed by atoms with Gasteiger partial charge in [0.05, 0.1) is 18.5 Å². The normalized spacial score (nSPS) is 21.9. The molecule has 3 aliphatic heterocycles. The van der Waals surface area contributed by atoms with Crippen LogP contribution < -0.4 is 5.32 Å². The number of cyclic esters (lactones) is 1. The number of piperazine rings is 1. The lowest BCUT2D eigenvalue weighted by Crippen LogP contribution is -2.75. The fourth-order valence-electron chi connectivity index (χ4n) is 7.00. The lowest BCUT2D eigenvalue weighted by molar-refractivity contribution is -0.167. The van der Waals surface area contributed by atoms with E-state index in [9.17, 15) is 19.2 Å². The van der Waals surface area contributed by atoms with Crippen molar-refractivity contribution in [2.75, 3.05) is 39.3 Å². The van der Waals surface area contributed by atoms with Crippen molar-refractivity contribution >= 4 is 29.9 Å². The van der Waals surface area contributed by atoms with Crippen molar-refractivity contribution in [2.24, 2.45) is 0 Å². The number of benzene rings is 3.